The lowest BCUT2D eigenvalue weighted by atomic mass is 9.86. The van der Waals surface area contributed by atoms with Crippen LogP contribution in [-0.2, 0) is 9.59 Å². The number of nitrogens with zero attached hydrogens (tertiary/aromatic N) is 1. The van der Waals surface area contributed by atoms with Crippen molar-refractivity contribution in [1.29, 1.82) is 0 Å². The van der Waals surface area contributed by atoms with E-state index < -0.39 is 5.97 Å². The van der Waals surface area contributed by atoms with Crippen LogP contribution >= 0.6 is 0 Å². The first-order valence-corrected chi connectivity index (χ1v) is 7.38. The van der Waals surface area contributed by atoms with E-state index in [0.29, 0.717) is 6.54 Å². The molecule has 1 amide bonds. The minimum absolute atomic E-state index is 0.0579. The number of carboxylic acid groups (broad SMARTS) is 1. The second kappa shape index (κ2) is 6.89. The van der Waals surface area contributed by atoms with E-state index in [0.717, 1.165) is 44.7 Å². The van der Waals surface area contributed by atoms with Crippen molar-refractivity contribution in [1.82, 2.24) is 10.2 Å². The van der Waals surface area contributed by atoms with Gasteiger partial charge in [0.15, 0.2) is 0 Å². The van der Waals surface area contributed by atoms with Crippen molar-refractivity contribution in [2.24, 2.45) is 11.8 Å². The summed E-state index contributed by atoms with van der Waals surface area (Å²) in [7, 11) is 0. The highest BCUT2D eigenvalue weighted by Crippen LogP contribution is 2.26. The number of rotatable bonds is 5. The van der Waals surface area contributed by atoms with Crippen LogP contribution in [0.1, 0.15) is 38.5 Å². The molecule has 0 aromatic heterocycles. The van der Waals surface area contributed by atoms with E-state index in [4.69, 9.17) is 5.11 Å². The molecule has 108 valence electrons. The fraction of sp³-hybridized carbons (Fsp3) is 0.857. The zero-order chi connectivity index (χ0) is 13.7. The number of carbonyl (C=O) groups is 2. The molecule has 5 nitrogen and oxygen atoms in total. The van der Waals surface area contributed by atoms with Crippen LogP contribution in [-0.4, -0.2) is 48.1 Å². The van der Waals surface area contributed by atoms with Crippen molar-refractivity contribution in [2.45, 2.75) is 38.5 Å². The number of aliphatic carboxylic acids is 1. The molecule has 5 heteroatoms. The number of hydrogen-bond donors (Lipinski definition) is 2. The molecule has 2 heterocycles. The van der Waals surface area contributed by atoms with Crippen molar-refractivity contribution < 1.29 is 14.7 Å². The second-order valence-corrected chi connectivity index (χ2v) is 5.76. The minimum atomic E-state index is -0.910. The first-order chi connectivity index (χ1) is 9.16. The summed E-state index contributed by atoms with van der Waals surface area (Å²) in [6.07, 6.45) is 6.33. The maximum absolute atomic E-state index is 12.2. The zero-order valence-corrected chi connectivity index (χ0v) is 11.4. The Morgan fingerprint density at radius 1 is 1.26 bits per heavy atom. The lowest BCUT2D eigenvalue weighted by Gasteiger charge is -2.32. The maximum Gasteiger partial charge on any atom is 0.323 e. The lowest BCUT2D eigenvalue weighted by molar-refractivity contribution is -0.148. The van der Waals surface area contributed by atoms with Gasteiger partial charge in [-0.15, -0.1) is 0 Å². The summed E-state index contributed by atoms with van der Waals surface area (Å²) in [5, 5.41) is 12.2. The Labute approximate surface area is 114 Å². The SMILES string of the molecule is O=C(O)CN1CCC[C@@H](CCC2CCNCC2)C1=O. The van der Waals surface area contributed by atoms with Gasteiger partial charge in [-0.05, 0) is 57.5 Å². The molecule has 1 atom stereocenters. The van der Waals surface area contributed by atoms with Crippen LogP contribution in [0.15, 0.2) is 0 Å². The number of piperidine rings is 2. The van der Waals surface area contributed by atoms with Gasteiger partial charge in [-0.3, -0.25) is 9.59 Å². The quantitative estimate of drug-likeness (QED) is 0.783. The molecule has 0 spiro atoms. The minimum Gasteiger partial charge on any atom is -0.480 e. The zero-order valence-electron chi connectivity index (χ0n) is 11.4. The van der Waals surface area contributed by atoms with Gasteiger partial charge in [0.05, 0.1) is 0 Å². The van der Waals surface area contributed by atoms with E-state index in [1.54, 1.807) is 0 Å². The van der Waals surface area contributed by atoms with Crippen LogP contribution < -0.4 is 5.32 Å². The molecule has 2 aliphatic rings. The highest BCUT2D eigenvalue weighted by atomic mass is 16.4. The van der Waals surface area contributed by atoms with Gasteiger partial charge in [0.1, 0.15) is 6.54 Å². The van der Waals surface area contributed by atoms with Gasteiger partial charge >= 0.3 is 5.97 Å². The molecule has 19 heavy (non-hydrogen) atoms. The Bertz CT molecular complexity index is 327. The van der Waals surface area contributed by atoms with Gasteiger partial charge in [-0.25, -0.2) is 0 Å². The molecular formula is C14H24N2O3. The van der Waals surface area contributed by atoms with E-state index >= 15 is 0 Å². The van der Waals surface area contributed by atoms with Crippen LogP contribution in [0.5, 0.6) is 0 Å². The first-order valence-electron chi connectivity index (χ1n) is 7.38. The summed E-state index contributed by atoms with van der Waals surface area (Å²) in [6, 6.07) is 0. The smallest absolute Gasteiger partial charge is 0.323 e. The molecule has 2 N–H and O–H groups in total. The van der Waals surface area contributed by atoms with Gasteiger partial charge in [0.2, 0.25) is 5.91 Å². The number of carbonyl (C=O) groups excluding carboxylic acids is 1. The predicted octanol–water partition coefficient (Wildman–Crippen LogP) is 1.09. The molecule has 0 aromatic rings. The molecule has 0 unspecified atom stereocenters. The summed E-state index contributed by atoms with van der Waals surface area (Å²) in [4.78, 5) is 24.4. The fourth-order valence-electron chi connectivity index (χ4n) is 3.22. The molecule has 2 rings (SSSR count). The number of nitrogens with one attached hydrogen (secondary N) is 1. The average Bonchev–Trinajstić information content (AvgIpc) is 2.40. The summed E-state index contributed by atoms with van der Waals surface area (Å²) < 4.78 is 0. The molecule has 0 saturated carbocycles. The largest absolute Gasteiger partial charge is 0.480 e. The Balaban J connectivity index is 1.78. The number of hydrogen-bond acceptors (Lipinski definition) is 3. The summed E-state index contributed by atoms with van der Waals surface area (Å²) >= 11 is 0. The molecule has 0 radical (unpaired) electrons. The Morgan fingerprint density at radius 3 is 2.68 bits per heavy atom. The molecule has 2 aliphatic heterocycles. The molecule has 0 aliphatic carbocycles. The predicted molar refractivity (Wildman–Crippen MR) is 71.8 cm³/mol. The molecule has 2 fully saturated rings. The number of carboxylic acids is 1. The van der Waals surface area contributed by atoms with Crippen LogP contribution in [0.25, 0.3) is 0 Å². The van der Waals surface area contributed by atoms with E-state index in [-0.39, 0.29) is 18.4 Å². The standard InChI is InChI=1S/C14H24N2O3/c17-13(18)10-16-9-1-2-12(14(16)19)4-3-11-5-7-15-8-6-11/h11-12,15H,1-10H2,(H,17,18)/t12-/m0/s1. The first kappa shape index (κ1) is 14.3. The van der Waals surface area contributed by atoms with Crippen molar-refractivity contribution in [3.05, 3.63) is 0 Å². The Morgan fingerprint density at radius 2 is 2.00 bits per heavy atom. The Hall–Kier alpha value is -1.10. The third kappa shape index (κ3) is 4.20. The van der Waals surface area contributed by atoms with Crippen molar-refractivity contribution in [2.75, 3.05) is 26.2 Å². The summed E-state index contributed by atoms with van der Waals surface area (Å²) in [5.41, 5.74) is 0. The van der Waals surface area contributed by atoms with Gasteiger partial charge in [-0.1, -0.05) is 0 Å². The highest BCUT2D eigenvalue weighted by Gasteiger charge is 2.30. The third-order valence-corrected chi connectivity index (χ3v) is 4.35. The van der Waals surface area contributed by atoms with Crippen molar-refractivity contribution in [3.63, 3.8) is 0 Å². The number of amides is 1. The van der Waals surface area contributed by atoms with E-state index in [9.17, 15) is 9.59 Å². The van der Waals surface area contributed by atoms with Gasteiger partial charge in [0.25, 0.3) is 0 Å². The third-order valence-electron chi connectivity index (χ3n) is 4.35. The summed E-state index contributed by atoms with van der Waals surface area (Å²) in [6.45, 7) is 2.65. The van der Waals surface area contributed by atoms with Crippen molar-refractivity contribution in [3.8, 4) is 0 Å². The van der Waals surface area contributed by atoms with Gasteiger partial charge in [0, 0.05) is 12.5 Å². The second-order valence-electron chi connectivity index (χ2n) is 5.76. The molecular weight excluding hydrogens is 244 g/mol. The summed E-state index contributed by atoms with van der Waals surface area (Å²) in [5.74, 6) is -0.0539. The normalized spacial score (nSPS) is 25.6. The number of likely N-dealkylation sites (tertiary alicyclic amines) is 1. The van der Waals surface area contributed by atoms with Crippen LogP contribution in [0.4, 0.5) is 0 Å². The van der Waals surface area contributed by atoms with Gasteiger partial charge in [-0.2, -0.15) is 0 Å². The van der Waals surface area contributed by atoms with Gasteiger partial charge < -0.3 is 15.3 Å². The average molecular weight is 268 g/mol. The van der Waals surface area contributed by atoms with Crippen molar-refractivity contribution >= 4 is 11.9 Å². The van der Waals surface area contributed by atoms with Crippen LogP contribution in [0, 0.1) is 11.8 Å². The molecule has 0 aromatic carbocycles. The Kier molecular flexibility index (Phi) is 5.19. The highest BCUT2D eigenvalue weighted by molar-refractivity contribution is 5.83. The van der Waals surface area contributed by atoms with Crippen LogP contribution in [0.3, 0.4) is 0 Å². The van der Waals surface area contributed by atoms with E-state index in [1.165, 1.54) is 17.7 Å². The molecule has 2 saturated heterocycles. The van der Waals surface area contributed by atoms with Crippen LogP contribution in [0.2, 0.25) is 0 Å². The lowest BCUT2D eigenvalue weighted by Crippen LogP contribution is -2.44. The van der Waals surface area contributed by atoms with E-state index in [2.05, 4.69) is 5.32 Å². The molecule has 0 bridgehead atoms. The monoisotopic (exact) mass is 268 g/mol. The van der Waals surface area contributed by atoms with E-state index in [1.807, 2.05) is 0 Å². The fourth-order valence-corrected chi connectivity index (χ4v) is 3.22. The topological polar surface area (TPSA) is 69.6 Å². The maximum atomic E-state index is 12.2.